The van der Waals surface area contributed by atoms with Gasteiger partial charge in [-0.15, -0.1) is 0 Å². The summed E-state index contributed by atoms with van der Waals surface area (Å²) >= 11 is 1.50. The van der Waals surface area contributed by atoms with Crippen molar-refractivity contribution in [3.05, 3.63) is 47.0 Å². The fourth-order valence-corrected chi connectivity index (χ4v) is 4.18. The number of anilines is 1. The highest BCUT2D eigenvalue weighted by atomic mass is 32.1. The molecule has 0 aliphatic carbocycles. The van der Waals surface area contributed by atoms with Crippen molar-refractivity contribution >= 4 is 32.6 Å². The monoisotopic (exact) mass is 411 g/mol. The number of aromatic nitrogens is 1. The van der Waals surface area contributed by atoms with Crippen molar-refractivity contribution in [2.24, 2.45) is 0 Å². The Morgan fingerprint density at radius 1 is 1.03 bits per heavy atom. The van der Waals surface area contributed by atoms with E-state index in [4.69, 9.17) is 14.5 Å². The molecule has 152 valence electrons. The second kappa shape index (κ2) is 8.00. The summed E-state index contributed by atoms with van der Waals surface area (Å²) < 4.78 is 12.3. The van der Waals surface area contributed by atoms with Gasteiger partial charge < -0.3 is 14.4 Å². The minimum atomic E-state index is -0.0359. The van der Waals surface area contributed by atoms with Crippen molar-refractivity contribution in [1.29, 1.82) is 0 Å². The molecule has 1 amide bonds. The van der Waals surface area contributed by atoms with E-state index in [9.17, 15) is 4.79 Å². The summed E-state index contributed by atoms with van der Waals surface area (Å²) in [6, 6.07) is 9.69. The Morgan fingerprint density at radius 2 is 1.76 bits per heavy atom. The van der Waals surface area contributed by atoms with Crippen molar-refractivity contribution in [3.8, 4) is 11.5 Å². The first-order valence-corrected chi connectivity index (χ1v) is 10.5. The molecule has 2 aromatic carbocycles. The van der Waals surface area contributed by atoms with Crippen molar-refractivity contribution in [1.82, 2.24) is 9.88 Å². The molecular weight excluding hydrogens is 386 g/mol. The molecule has 1 aliphatic heterocycles. The van der Waals surface area contributed by atoms with Crippen LogP contribution in [0.25, 0.3) is 10.2 Å². The molecule has 3 aromatic rings. The van der Waals surface area contributed by atoms with Crippen molar-refractivity contribution in [2.45, 2.75) is 13.8 Å². The van der Waals surface area contributed by atoms with E-state index in [1.165, 1.54) is 16.9 Å². The second-order valence-electron chi connectivity index (χ2n) is 7.52. The number of hydrogen-bond acceptors (Lipinski definition) is 6. The van der Waals surface area contributed by atoms with Gasteiger partial charge in [0.2, 0.25) is 0 Å². The molecule has 7 heteroatoms. The Kier molecular flexibility index (Phi) is 5.43. The molecule has 0 saturated carbocycles. The number of carbonyl (C=O) groups is 1. The third kappa shape index (κ3) is 4.06. The first-order chi connectivity index (χ1) is 13.9. The number of ether oxygens (including phenoxy) is 2. The number of likely N-dealkylation sites (N-methyl/N-ethyl adjacent to an activating group) is 1. The van der Waals surface area contributed by atoms with Gasteiger partial charge >= 0.3 is 0 Å². The number of amides is 1. The quantitative estimate of drug-likeness (QED) is 0.638. The fourth-order valence-electron chi connectivity index (χ4n) is 3.18. The maximum absolute atomic E-state index is 13.4. The van der Waals surface area contributed by atoms with E-state index in [1.807, 2.05) is 58.3 Å². The van der Waals surface area contributed by atoms with Crippen LogP contribution in [0.3, 0.4) is 0 Å². The third-order valence-corrected chi connectivity index (χ3v) is 6.08. The number of nitrogens with zero attached hydrogens (tertiary/aromatic N) is 3. The van der Waals surface area contributed by atoms with Gasteiger partial charge in [0.05, 0.1) is 10.2 Å². The first-order valence-electron chi connectivity index (χ1n) is 9.66. The Labute approximate surface area is 174 Å². The number of rotatable bonds is 5. The Hall–Kier alpha value is -2.64. The van der Waals surface area contributed by atoms with E-state index in [-0.39, 0.29) is 5.91 Å². The van der Waals surface area contributed by atoms with Gasteiger partial charge in [0.15, 0.2) is 16.6 Å². The second-order valence-corrected chi connectivity index (χ2v) is 8.53. The van der Waals surface area contributed by atoms with Crippen molar-refractivity contribution < 1.29 is 14.3 Å². The van der Waals surface area contributed by atoms with Crippen LogP contribution in [-0.2, 0) is 0 Å². The van der Waals surface area contributed by atoms with Crippen LogP contribution in [0.5, 0.6) is 11.5 Å². The summed E-state index contributed by atoms with van der Waals surface area (Å²) in [5, 5.41) is 0.687. The summed E-state index contributed by atoms with van der Waals surface area (Å²) in [4.78, 5) is 22.0. The maximum Gasteiger partial charge on any atom is 0.260 e. The van der Waals surface area contributed by atoms with Gasteiger partial charge in [-0.1, -0.05) is 17.4 Å². The Balaban J connectivity index is 1.72. The lowest BCUT2D eigenvalue weighted by Crippen LogP contribution is -2.36. The molecule has 0 N–H and O–H groups in total. The molecule has 0 unspecified atom stereocenters. The van der Waals surface area contributed by atoms with Crippen molar-refractivity contribution in [3.63, 3.8) is 0 Å². The standard InChI is InChI=1S/C22H25N3O3S/c1-14-5-6-16(11-15(14)2)21(26)25(8-7-24(3)4)22-23-17-12-18-19(13-20(17)29-22)28-10-9-27-18/h5-6,11-13H,7-10H2,1-4H3. The summed E-state index contributed by atoms with van der Waals surface area (Å²) in [5.41, 5.74) is 3.77. The smallest absolute Gasteiger partial charge is 0.260 e. The van der Waals surface area contributed by atoms with Gasteiger partial charge in [0.1, 0.15) is 13.2 Å². The van der Waals surface area contributed by atoms with Crippen LogP contribution in [0.15, 0.2) is 30.3 Å². The first kappa shape index (κ1) is 19.7. The van der Waals surface area contributed by atoms with Crippen LogP contribution in [0.1, 0.15) is 21.5 Å². The topological polar surface area (TPSA) is 54.9 Å². The molecule has 6 nitrogen and oxygen atoms in total. The van der Waals surface area contributed by atoms with Crippen LogP contribution in [-0.4, -0.2) is 56.2 Å². The Bertz CT molecular complexity index is 1020. The zero-order chi connectivity index (χ0) is 20.5. The zero-order valence-corrected chi connectivity index (χ0v) is 18.0. The molecule has 1 aliphatic rings. The molecule has 0 atom stereocenters. The summed E-state index contributed by atoms with van der Waals surface area (Å²) in [5.74, 6) is 1.41. The van der Waals surface area contributed by atoms with Gasteiger partial charge in [0.25, 0.3) is 5.91 Å². The number of fused-ring (bicyclic) bond motifs is 2. The lowest BCUT2D eigenvalue weighted by Gasteiger charge is -2.22. The molecule has 0 bridgehead atoms. The van der Waals surface area contributed by atoms with E-state index in [1.54, 1.807) is 4.90 Å². The number of benzene rings is 2. The molecular formula is C22H25N3O3S. The van der Waals surface area contributed by atoms with E-state index >= 15 is 0 Å². The van der Waals surface area contributed by atoms with E-state index in [0.717, 1.165) is 28.1 Å². The normalized spacial score (nSPS) is 13.1. The molecule has 0 radical (unpaired) electrons. The van der Waals surface area contributed by atoms with Gasteiger partial charge in [0, 0.05) is 30.8 Å². The van der Waals surface area contributed by atoms with Gasteiger partial charge in [-0.05, 0) is 51.2 Å². The average molecular weight is 412 g/mol. The van der Waals surface area contributed by atoms with Crippen LogP contribution >= 0.6 is 11.3 Å². The highest BCUT2D eigenvalue weighted by Crippen LogP contribution is 2.39. The fraction of sp³-hybridized carbons (Fsp3) is 0.364. The van der Waals surface area contributed by atoms with E-state index in [2.05, 4.69) is 4.90 Å². The van der Waals surface area contributed by atoms with Gasteiger partial charge in [-0.25, -0.2) is 4.98 Å². The minimum Gasteiger partial charge on any atom is -0.486 e. The maximum atomic E-state index is 13.4. The van der Waals surface area contributed by atoms with E-state index in [0.29, 0.717) is 36.2 Å². The summed E-state index contributed by atoms with van der Waals surface area (Å²) in [6.07, 6.45) is 0. The predicted molar refractivity (Wildman–Crippen MR) is 117 cm³/mol. The molecule has 4 rings (SSSR count). The highest BCUT2D eigenvalue weighted by Gasteiger charge is 2.23. The number of aryl methyl sites for hydroxylation is 2. The highest BCUT2D eigenvalue weighted by molar-refractivity contribution is 7.22. The van der Waals surface area contributed by atoms with Crippen LogP contribution < -0.4 is 14.4 Å². The van der Waals surface area contributed by atoms with Crippen molar-refractivity contribution in [2.75, 3.05) is 45.3 Å². The third-order valence-electron chi connectivity index (χ3n) is 5.04. The number of thiazole rings is 1. The molecule has 0 spiro atoms. The summed E-state index contributed by atoms with van der Waals surface area (Å²) in [6.45, 7) is 6.46. The minimum absolute atomic E-state index is 0.0359. The van der Waals surface area contributed by atoms with Gasteiger partial charge in [-0.2, -0.15) is 0 Å². The SMILES string of the molecule is Cc1ccc(C(=O)N(CCN(C)C)c2nc3cc4c(cc3s2)OCCO4)cc1C. The molecule has 1 aromatic heterocycles. The van der Waals surface area contributed by atoms with E-state index < -0.39 is 0 Å². The van der Waals surface area contributed by atoms with Crippen LogP contribution in [0.4, 0.5) is 5.13 Å². The molecule has 0 fully saturated rings. The average Bonchev–Trinajstić information content (AvgIpc) is 3.10. The molecule has 29 heavy (non-hydrogen) atoms. The summed E-state index contributed by atoms with van der Waals surface area (Å²) in [7, 11) is 4.00. The molecule has 2 heterocycles. The zero-order valence-electron chi connectivity index (χ0n) is 17.2. The number of carbonyl (C=O) groups excluding carboxylic acids is 1. The van der Waals surface area contributed by atoms with Gasteiger partial charge in [-0.3, -0.25) is 9.69 Å². The van der Waals surface area contributed by atoms with Crippen LogP contribution in [0, 0.1) is 13.8 Å². The number of hydrogen-bond donors (Lipinski definition) is 0. The predicted octanol–water partition coefficient (Wildman–Crippen LogP) is 3.89. The lowest BCUT2D eigenvalue weighted by molar-refractivity contribution is 0.0985. The molecule has 0 saturated heterocycles. The van der Waals surface area contributed by atoms with Crippen LogP contribution in [0.2, 0.25) is 0 Å². The Morgan fingerprint density at radius 3 is 2.45 bits per heavy atom. The lowest BCUT2D eigenvalue weighted by atomic mass is 10.1. The largest absolute Gasteiger partial charge is 0.486 e.